The van der Waals surface area contributed by atoms with Crippen LogP contribution in [-0.4, -0.2) is 17.0 Å². The van der Waals surface area contributed by atoms with Gasteiger partial charge in [0.25, 0.3) is 0 Å². The molecule has 0 spiro atoms. The fourth-order valence-corrected chi connectivity index (χ4v) is 5.93. The molecule has 0 aromatic rings. The lowest BCUT2D eigenvalue weighted by molar-refractivity contribution is 0.286. The standard InChI is InChI=1S/C15H28N2S/c16-17-14(10-18-15-3-1-2-4-15)9-13-8-11-5-6-12(13)7-11/h11-15,17H,1-10,16H2. The van der Waals surface area contributed by atoms with Crippen molar-refractivity contribution in [3.8, 4) is 0 Å². The van der Waals surface area contributed by atoms with Crippen LogP contribution >= 0.6 is 11.8 Å². The van der Waals surface area contributed by atoms with E-state index in [0.29, 0.717) is 6.04 Å². The number of hydrogen-bond donors (Lipinski definition) is 2. The Morgan fingerprint density at radius 2 is 1.94 bits per heavy atom. The summed E-state index contributed by atoms with van der Waals surface area (Å²) >= 11 is 2.18. The molecule has 0 aliphatic heterocycles. The van der Waals surface area contributed by atoms with Gasteiger partial charge in [-0.2, -0.15) is 11.8 Å². The van der Waals surface area contributed by atoms with Crippen molar-refractivity contribution in [2.45, 2.75) is 69.1 Å². The largest absolute Gasteiger partial charge is 0.271 e. The summed E-state index contributed by atoms with van der Waals surface area (Å²) in [6.45, 7) is 0. The van der Waals surface area contributed by atoms with E-state index in [9.17, 15) is 0 Å². The number of fused-ring (bicyclic) bond motifs is 2. The van der Waals surface area contributed by atoms with Gasteiger partial charge in [0.15, 0.2) is 0 Å². The molecule has 0 saturated heterocycles. The van der Waals surface area contributed by atoms with Gasteiger partial charge in [-0.3, -0.25) is 11.3 Å². The Morgan fingerprint density at radius 1 is 1.11 bits per heavy atom. The third-order valence-electron chi connectivity index (χ3n) is 5.54. The van der Waals surface area contributed by atoms with Gasteiger partial charge in [-0.15, -0.1) is 0 Å². The van der Waals surface area contributed by atoms with Gasteiger partial charge in [0.05, 0.1) is 0 Å². The normalized spacial score (nSPS) is 37.5. The van der Waals surface area contributed by atoms with Gasteiger partial charge in [0.1, 0.15) is 0 Å². The maximum Gasteiger partial charge on any atom is 0.0303 e. The highest BCUT2D eigenvalue weighted by atomic mass is 32.2. The molecule has 3 aliphatic rings. The van der Waals surface area contributed by atoms with Crippen LogP contribution < -0.4 is 11.3 Å². The van der Waals surface area contributed by atoms with Crippen LogP contribution in [0.25, 0.3) is 0 Å². The maximum atomic E-state index is 5.77. The van der Waals surface area contributed by atoms with Gasteiger partial charge in [-0.05, 0) is 56.3 Å². The van der Waals surface area contributed by atoms with E-state index >= 15 is 0 Å². The minimum atomic E-state index is 0.556. The summed E-state index contributed by atoms with van der Waals surface area (Å²) in [6.07, 6.45) is 13.1. The molecule has 4 unspecified atom stereocenters. The highest BCUT2D eigenvalue weighted by Crippen LogP contribution is 2.50. The van der Waals surface area contributed by atoms with E-state index in [1.807, 2.05) is 0 Å². The minimum absolute atomic E-state index is 0.556. The van der Waals surface area contributed by atoms with Crippen LogP contribution in [0.4, 0.5) is 0 Å². The van der Waals surface area contributed by atoms with Crippen LogP contribution in [0.15, 0.2) is 0 Å². The van der Waals surface area contributed by atoms with Gasteiger partial charge >= 0.3 is 0 Å². The molecular weight excluding hydrogens is 240 g/mol. The molecule has 104 valence electrons. The number of hydrogen-bond acceptors (Lipinski definition) is 3. The lowest BCUT2D eigenvalue weighted by Gasteiger charge is -2.26. The summed E-state index contributed by atoms with van der Waals surface area (Å²) in [4.78, 5) is 0. The topological polar surface area (TPSA) is 38.0 Å². The van der Waals surface area contributed by atoms with Crippen molar-refractivity contribution < 1.29 is 0 Å². The molecule has 3 heteroatoms. The average molecular weight is 268 g/mol. The first-order chi connectivity index (χ1) is 8.85. The van der Waals surface area contributed by atoms with Crippen molar-refractivity contribution in [1.29, 1.82) is 0 Å². The Balaban J connectivity index is 1.41. The van der Waals surface area contributed by atoms with E-state index in [0.717, 1.165) is 23.0 Å². The fourth-order valence-electron chi connectivity index (χ4n) is 4.52. The third kappa shape index (κ3) is 3.05. The average Bonchev–Trinajstić information content (AvgIpc) is 3.10. The van der Waals surface area contributed by atoms with E-state index in [-0.39, 0.29) is 0 Å². The van der Waals surface area contributed by atoms with Crippen molar-refractivity contribution in [3.05, 3.63) is 0 Å². The zero-order chi connectivity index (χ0) is 12.4. The first-order valence-electron chi connectivity index (χ1n) is 7.93. The number of thioether (sulfide) groups is 1. The molecule has 0 heterocycles. The van der Waals surface area contributed by atoms with Gasteiger partial charge in [-0.25, -0.2) is 0 Å². The van der Waals surface area contributed by atoms with E-state index in [1.165, 1.54) is 63.5 Å². The number of hydrazine groups is 1. The summed E-state index contributed by atoms with van der Waals surface area (Å²) in [5.41, 5.74) is 3.09. The van der Waals surface area contributed by atoms with Crippen molar-refractivity contribution in [3.63, 3.8) is 0 Å². The Bertz CT molecular complexity index is 265. The first kappa shape index (κ1) is 13.3. The van der Waals surface area contributed by atoms with Crippen LogP contribution in [0, 0.1) is 17.8 Å². The predicted octanol–water partition coefficient (Wildman–Crippen LogP) is 3.32. The van der Waals surface area contributed by atoms with Crippen LogP contribution in [0.2, 0.25) is 0 Å². The number of nitrogens with two attached hydrogens (primary N) is 1. The summed E-state index contributed by atoms with van der Waals surface area (Å²) in [6, 6.07) is 0.556. The highest BCUT2D eigenvalue weighted by Gasteiger charge is 2.40. The second-order valence-corrected chi connectivity index (χ2v) is 8.11. The molecule has 3 saturated carbocycles. The summed E-state index contributed by atoms with van der Waals surface area (Å²) < 4.78 is 0. The Morgan fingerprint density at radius 3 is 2.56 bits per heavy atom. The van der Waals surface area contributed by atoms with Gasteiger partial charge in [-0.1, -0.05) is 19.3 Å². The second-order valence-electron chi connectivity index (χ2n) is 6.77. The molecule has 0 aromatic heterocycles. The molecule has 3 N–H and O–H groups in total. The second kappa shape index (κ2) is 6.15. The molecule has 2 bridgehead atoms. The van der Waals surface area contributed by atoms with E-state index in [4.69, 9.17) is 5.84 Å². The van der Waals surface area contributed by atoms with Crippen molar-refractivity contribution in [1.82, 2.24) is 5.43 Å². The quantitative estimate of drug-likeness (QED) is 0.573. The first-order valence-corrected chi connectivity index (χ1v) is 8.97. The van der Waals surface area contributed by atoms with Crippen LogP contribution in [0.3, 0.4) is 0 Å². The summed E-state index contributed by atoms with van der Waals surface area (Å²) in [5.74, 6) is 10.1. The lowest BCUT2D eigenvalue weighted by atomic mass is 9.84. The SMILES string of the molecule is NNC(CSC1CCCC1)CC1CC2CCC1C2. The lowest BCUT2D eigenvalue weighted by Crippen LogP contribution is -2.39. The minimum Gasteiger partial charge on any atom is -0.271 e. The van der Waals surface area contributed by atoms with Gasteiger partial charge < -0.3 is 0 Å². The van der Waals surface area contributed by atoms with Crippen LogP contribution in [0.5, 0.6) is 0 Å². The Kier molecular flexibility index (Phi) is 4.53. The smallest absolute Gasteiger partial charge is 0.0303 e. The van der Waals surface area contributed by atoms with Crippen molar-refractivity contribution >= 4 is 11.8 Å². The molecule has 4 atom stereocenters. The highest BCUT2D eigenvalue weighted by molar-refractivity contribution is 7.99. The molecule has 0 amide bonds. The maximum absolute atomic E-state index is 5.77. The monoisotopic (exact) mass is 268 g/mol. The Hall–Kier alpha value is 0.270. The Labute approximate surface area is 116 Å². The molecule has 3 rings (SSSR count). The third-order valence-corrected chi connectivity index (χ3v) is 7.08. The van der Waals surface area contributed by atoms with Gasteiger partial charge in [0.2, 0.25) is 0 Å². The van der Waals surface area contributed by atoms with E-state index in [2.05, 4.69) is 17.2 Å². The molecule has 3 fully saturated rings. The van der Waals surface area contributed by atoms with Crippen LogP contribution in [0.1, 0.15) is 57.8 Å². The van der Waals surface area contributed by atoms with Gasteiger partial charge in [0, 0.05) is 17.0 Å². The zero-order valence-electron chi connectivity index (χ0n) is 11.4. The van der Waals surface area contributed by atoms with Crippen molar-refractivity contribution in [2.75, 3.05) is 5.75 Å². The molecule has 18 heavy (non-hydrogen) atoms. The number of rotatable bonds is 6. The summed E-state index contributed by atoms with van der Waals surface area (Å²) in [7, 11) is 0. The summed E-state index contributed by atoms with van der Waals surface area (Å²) in [5, 5.41) is 0.931. The van der Waals surface area contributed by atoms with Crippen LogP contribution in [-0.2, 0) is 0 Å². The molecule has 3 aliphatic carbocycles. The fraction of sp³-hybridized carbons (Fsp3) is 1.00. The zero-order valence-corrected chi connectivity index (χ0v) is 12.3. The number of nitrogens with one attached hydrogen (secondary N) is 1. The van der Waals surface area contributed by atoms with E-state index in [1.54, 1.807) is 0 Å². The molecular formula is C15H28N2S. The van der Waals surface area contributed by atoms with Crippen molar-refractivity contribution in [2.24, 2.45) is 23.6 Å². The predicted molar refractivity (Wildman–Crippen MR) is 79.4 cm³/mol. The molecule has 0 aromatic carbocycles. The molecule has 0 radical (unpaired) electrons. The molecule has 2 nitrogen and oxygen atoms in total. The van der Waals surface area contributed by atoms with E-state index < -0.39 is 0 Å².